The van der Waals surface area contributed by atoms with E-state index in [-0.39, 0.29) is 0 Å². The highest BCUT2D eigenvalue weighted by molar-refractivity contribution is 6.81. The van der Waals surface area contributed by atoms with Crippen molar-refractivity contribution in [3.05, 3.63) is 0 Å². The Bertz CT molecular complexity index is 183. The van der Waals surface area contributed by atoms with Gasteiger partial charge in [-0.2, -0.15) is 0 Å². The second kappa shape index (κ2) is 8.28. The van der Waals surface area contributed by atoms with Gasteiger partial charge in [-0.05, 0) is 19.4 Å². The van der Waals surface area contributed by atoms with Crippen LogP contribution in [0.4, 0.5) is 0 Å². The van der Waals surface area contributed by atoms with E-state index in [1.54, 1.807) is 0 Å². The number of rotatable bonds is 8. The maximum atomic E-state index is 5.82. The molecule has 3 heteroatoms. The molecule has 0 aromatic heterocycles. The van der Waals surface area contributed by atoms with E-state index in [0.717, 1.165) is 31.2 Å². The summed E-state index contributed by atoms with van der Waals surface area (Å²) in [6.45, 7) is 8.28. The Balaban J connectivity index is 2.64. The average molecular weight is 258 g/mol. The van der Waals surface area contributed by atoms with Crippen molar-refractivity contribution in [2.24, 2.45) is 0 Å². The van der Waals surface area contributed by atoms with Gasteiger partial charge in [0.1, 0.15) is 8.07 Å². The summed E-state index contributed by atoms with van der Waals surface area (Å²) in [6, 6.07) is 1.32. The molecule has 0 aromatic rings. The van der Waals surface area contributed by atoms with Crippen molar-refractivity contribution in [1.29, 1.82) is 0 Å². The van der Waals surface area contributed by atoms with Crippen LogP contribution in [0.3, 0.4) is 0 Å². The van der Waals surface area contributed by atoms with E-state index in [9.17, 15) is 0 Å². The second-order valence-electron chi connectivity index (χ2n) is 5.33. The van der Waals surface area contributed by atoms with E-state index in [2.05, 4.69) is 20.8 Å². The second-order valence-corrected chi connectivity index (χ2v) is 10.2. The van der Waals surface area contributed by atoms with Gasteiger partial charge in [-0.3, -0.25) is 0 Å². The van der Waals surface area contributed by atoms with Gasteiger partial charge < -0.3 is 9.47 Å². The highest BCUT2D eigenvalue weighted by Crippen LogP contribution is 2.39. The number of hydrogen-bond acceptors (Lipinski definition) is 2. The normalized spacial score (nSPS) is 18.5. The van der Waals surface area contributed by atoms with Gasteiger partial charge in [0.05, 0.1) is 0 Å². The van der Waals surface area contributed by atoms with Crippen molar-refractivity contribution in [2.75, 3.05) is 25.7 Å². The maximum absolute atomic E-state index is 5.82. The summed E-state index contributed by atoms with van der Waals surface area (Å²) in [4.78, 5) is 0. The third-order valence-corrected chi connectivity index (χ3v) is 9.64. The molecule has 1 rings (SSSR count). The van der Waals surface area contributed by atoms with Crippen LogP contribution in [0, 0.1) is 0 Å². The monoisotopic (exact) mass is 258 g/mol. The standard InChI is InChI=1S/C14H30O2Si/c1-4-15-12-17(6-3,13-16-5-2)14-10-8-7-9-11-14/h14H,4-13H2,1-3H3. The van der Waals surface area contributed by atoms with Crippen molar-refractivity contribution in [2.45, 2.75) is 64.5 Å². The van der Waals surface area contributed by atoms with Crippen LogP contribution in [0.5, 0.6) is 0 Å². The van der Waals surface area contributed by atoms with Crippen LogP contribution in [-0.2, 0) is 9.47 Å². The SMILES string of the molecule is CCOC[Si](CC)(COCC)C1CCCCC1. The van der Waals surface area contributed by atoms with Crippen molar-refractivity contribution in [1.82, 2.24) is 0 Å². The van der Waals surface area contributed by atoms with Crippen molar-refractivity contribution in [3.8, 4) is 0 Å². The van der Waals surface area contributed by atoms with Gasteiger partial charge in [0.25, 0.3) is 0 Å². The topological polar surface area (TPSA) is 18.5 Å². The first-order valence-corrected chi connectivity index (χ1v) is 10.1. The largest absolute Gasteiger partial charge is 0.385 e. The Labute approximate surface area is 108 Å². The summed E-state index contributed by atoms with van der Waals surface area (Å²) >= 11 is 0. The van der Waals surface area contributed by atoms with Crippen LogP contribution in [0.1, 0.15) is 52.9 Å². The lowest BCUT2D eigenvalue weighted by molar-refractivity contribution is 0.157. The summed E-state index contributed by atoms with van der Waals surface area (Å²) in [7, 11) is -1.36. The molecule has 0 aliphatic heterocycles. The Morgan fingerprint density at radius 2 is 1.41 bits per heavy atom. The minimum atomic E-state index is -1.36. The van der Waals surface area contributed by atoms with Crippen LogP contribution >= 0.6 is 0 Å². The summed E-state index contributed by atoms with van der Waals surface area (Å²) < 4.78 is 11.6. The number of hydrogen-bond donors (Lipinski definition) is 0. The summed E-state index contributed by atoms with van der Waals surface area (Å²) in [5.41, 5.74) is 0.944. The van der Waals surface area contributed by atoms with E-state index in [4.69, 9.17) is 9.47 Å². The zero-order valence-electron chi connectivity index (χ0n) is 12.0. The van der Waals surface area contributed by atoms with Gasteiger partial charge in [-0.15, -0.1) is 0 Å². The zero-order valence-corrected chi connectivity index (χ0v) is 13.0. The van der Waals surface area contributed by atoms with E-state index in [1.807, 2.05) is 0 Å². The van der Waals surface area contributed by atoms with Gasteiger partial charge in [-0.1, -0.05) is 45.1 Å². The predicted octanol–water partition coefficient (Wildman–Crippen LogP) is 3.94. The molecule has 0 radical (unpaired) electrons. The van der Waals surface area contributed by atoms with Gasteiger partial charge in [0.15, 0.2) is 0 Å². The first kappa shape index (κ1) is 15.2. The molecule has 102 valence electrons. The van der Waals surface area contributed by atoms with Crippen LogP contribution in [0.15, 0.2) is 0 Å². The van der Waals surface area contributed by atoms with Gasteiger partial charge in [0, 0.05) is 25.7 Å². The third kappa shape index (κ3) is 4.38. The minimum absolute atomic E-state index is 0.855. The Hall–Kier alpha value is 0.137. The highest BCUT2D eigenvalue weighted by atomic mass is 28.3. The van der Waals surface area contributed by atoms with Crippen LogP contribution in [0.2, 0.25) is 11.6 Å². The fourth-order valence-corrected chi connectivity index (χ4v) is 7.49. The molecule has 17 heavy (non-hydrogen) atoms. The van der Waals surface area contributed by atoms with E-state index in [0.29, 0.717) is 0 Å². The lowest BCUT2D eigenvalue weighted by Crippen LogP contribution is -2.50. The van der Waals surface area contributed by atoms with Crippen molar-refractivity contribution in [3.63, 3.8) is 0 Å². The molecule has 0 spiro atoms. The summed E-state index contributed by atoms with van der Waals surface area (Å²) in [5.74, 6) is 0. The van der Waals surface area contributed by atoms with Gasteiger partial charge in [-0.25, -0.2) is 0 Å². The lowest BCUT2D eigenvalue weighted by Gasteiger charge is -2.39. The van der Waals surface area contributed by atoms with Crippen LogP contribution in [0.25, 0.3) is 0 Å². The molecule has 0 atom stereocenters. The fourth-order valence-electron chi connectivity index (χ4n) is 3.10. The summed E-state index contributed by atoms with van der Waals surface area (Å²) in [5, 5.41) is 0. The third-order valence-electron chi connectivity index (χ3n) is 4.36. The molecule has 1 fully saturated rings. The molecule has 1 aliphatic rings. The fraction of sp³-hybridized carbons (Fsp3) is 1.00. The zero-order chi connectivity index (χ0) is 12.6. The molecule has 0 aromatic carbocycles. The van der Waals surface area contributed by atoms with E-state index in [1.165, 1.54) is 38.1 Å². The summed E-state index contributed by atoms with van der Waals surface area (Å²) in [6.07, 6.45) is 9.19. The molecule has 1 saturated carbocycles. The molecule has 0 amide bonds. The lowest BCUT2D eigenvalue weighted by atomic mass is 10.0. The van der Waals surface area contributed by atoms with E-state index < -0.39 is 8.07 Å². The molecule has 0 saturated heterocycles. The molecule has 0 unspecified atom stereocenters. The van der Waals surface area contributed by atoms with Crippen LogP contribution < -0.4 is 0 Å². The molecule has 2 nitrogen and oxygen atoms in total. The Morgan fingerprint density at radius 1 is 0.882 bits per heavy atom. The van der Waals surface area contributed by atoms with E-state index >= 15 is 0 Å². The first-order valence-electron chi connectivity index (χ1n) is 7.44. The molecule has 0 heterocycles. The molecule has 1 aliphatic carbocycles. The molecule has 0 bridgehead atoms. The van der Waals surface area contributed by atoms with Crippen molar-refractivity contribution < 1.29 is 9.47 Å². The molecule has 0 N–H and O–H groups in total. The molecular formula is C14H30O2Si. The van der Waals surface area contributed by atoms with Gasteiger partial charge >= 0.3 is 0 Å². The minimum Gasteiger partial charge on any atom is -0.385 e. The predicted molar refractivity (Wildman–Crippen MR) is 76.1 cm³/mol. The Kier molecular flexibility index (Phi) is 7.40. The maximum Gasteiger partial charge on any atom is 0.115 e. The molecular weight excluding hydrogens is 228 g/mol. The highest BCUT2D eigenvalue weighted by Gasteiger charge is 2.40. The Morgan fingerprint density at radius 3 is 1.82 bits per heavy atom. The smallest absolute Gasteiger partial charge is 0.115 e. The quantitative estimate of drug-likeness (QED) is 0.614. The van der Waals surface area contributed by atoms with Crippen LogP contribution in [-0.4, -0.2) is 33.7 Å². The van der Waals surface area contributed by atoms with Gasteiger partial charge in [0.2, 0.25) is 0 Å². The first-order chi connectivity index (χ1) is 8.29. The van der Waals surface area contributed by atoms with Crippen molar-refractivity contribution >= 4 is 8.07 Å². The average Bonchev–Trinajstić information content (AvgIpc) is 2.41. The number of ether oxygens (including phenoxy) is 2.